The molecule has 0 spiro atoms. The van der Waals surface area contributed by atoms with Gasteiger partial charge in [-0.25, -0.2) is 8.78 Å². The van der Waals surface area contributed by atoms with E-state index >= 15 is 0 Å². The smallest absolute Gasteiger partial charge is 0.193 e. The highest BCUT2D eigenvalue weighted by Gasteiger charge is 2.29. The second kappa shape index (κ2) is 15.3. The number of carbonyl (C=O) groups excluding carboxylic acids is 1. The van der Waals surface area contributed by atoms with Crippen LogP contribution in [0.25, 0.3) is 0 Å². The summed E-state index contributed by atoms with van der Waals surface area (Å²) in [5.74, 6) is 2.40. The van der Waals surface area contributed by atoms with Gasteiger partial charge in [-0.05, 0) is 91.6 Å². The number of rotatable bonds is 9. The van der Waals surface area contributed by atoms with Crippen LogP contribution in [0.5, 0.6) is 5.75 Å². The number of terminal acetylenes is 1. The minimum Gasteiger partial charge on any atom is -0.491 e. The van der Waals surface area contributed by atoms with E-state index in [9.17, 15) is 23.8 Å². The zero-order valence-electron chi connectivity index (χ0n) is 24.2. The number of nitrogens with zero attached hydrogens (tertiary/aromatic N) is 1. The molecule has 1 aliphatic heterocycles. The number of ketones is 1. The monoisotopic (exact) mass is 599 g/mol. The first-order chi connectivity index (χ1) is 21.3. The maximum Gasteiger partial charge on any atom is 0.193 e. The molecule has 3 N–H and O–H groups in total. The second-order valence-electron chi connectivity index (χ2n) is 10.5. The molecule has 0 aliphatic carbocycles. The number of carbonyl (C=O) groups is 1. The third kappa shape index (κ3) is 8.08. The first-order valence-corrected chi connectivity index (χ1v) is 14.3. The Balaban J connectivity index is 0.000000209. The van der Waals surface area contributed by atoms with Gasteiger partial charge in [0.05, 0.1) is 6.61 Å². The van der Waals surface area contributed by atoms with Crippen LogP contribution < -0.4 is 9.64 Å². The maximum atomic E-state index is 13.1. The molecule has 1 aliphatic rings. The van der Waals surface area contributed by atoms with Gasteiger partial charge in [-0.15, -0.1) is 6.42 Å². The third-order valence-corrected chi connectivity index (χ3v) is 7.48. The lowest BCUT2D eigenvalue weighted by Gasteiger charge is -2.34. The van der Waals surface area contributed by atoms with Gasteiger partial charge in [0, 0.05) is 47.6 Å². The molecular formula is C36H35F2NO5. The van der Waals surface area contributed by atoms with Crippen LogP contribution in [0.15, 0.2) is 97.1 Å². The molecule has 2 unspecified atom stereocenters. The highest BCUT2D eigenvalue weighted by molar-refractivity contribution is 6.09. The first-order valence-electron chi connectivity index (χ1n) is 14.3. The number of ether oxygens (including phenoxy) is 1. The minimum absolute atomic E-state index is 0.0593. The summed E-state index contributed by atoms with van der Waals surface area (Å²) >= 11 is 0. The SMILES string of the molecule is C#CC(O)(c1ccc(F)cc1)c1ccc(N2CCCC(CO)C2)cc1.O=C(c1ccc(F)cc1)c1ccc(OCCO)cc1. The summed E-state index contributed by atoms with van der Waals surface area (Å²) in [6, 6.07) is 25.1. The predicted octanol–water partition coefficient (Wildman–Crippen LogP) is 5.33. The van der Waals surface area contributed by atoms with Crippen LogP contribution in [0.3, 0.4) is 0 Å². The number of anilines is 1. The molecule has 1 fully saturated rings. The highest BCUT2D eigenvalue weighted by atomic mass is 19.1. The number of piperidine rings is 1. The van der Waals surface area contributed by atoms with Crippen molar-refractivity contribution >= 4 is 11.5 Å². The number of aliphatic hydroxyl groups excluding tert-OH is 2. The van der Waals surface area contributed by atoms with Crippen molar-refractivity contribution in [3.05, 3.63) is 131 Å². The van der Waals surface area contributed by atoms with Crippen LogP contribution in [-0.4, -0.2) is 54.0 Å². The van der Waals surface area contributed by atoms with Gasteiger partial charge in [0.2, 0.25) is 0 Å². The minimum atomic E-state index is -1.60. The molecule has 8 heteroatoms. The Morgan fingerprint density at radius 3 is 1.91 bits per heavy atom. The topological polar surface area (TPSA) is 90.2 Å². The summed E-state index contributed by atoms with van der Waals surface area (Å²) < 4.78 is 31.1. The second-order valence-corrected chi connectivity index (χ2v) is 10.5. The summed E-state index contributed by atoms with van der Waals surface area (Å²) in [4.78, 5) is 14.3. The molecule has 1 saturated heterocycles. The number of benzene rings is 4. The van der Waals surface area contributed by atoms with Crippen molar-refractivity contribution in [3.8, 4) is 18.1 Å². The van der Waals surface area contributed by atoms with E-state index in [1.165, 1.54) is 48.5 Å². The lowest BCUT2D eigenvalue weighted by atomic mass is 9.87. The molecule has 0 aromatic heterocycles. The molecule has 0 bridgehead atoms. The van der Waals surface area contributed by atoms with Gasteiger partial charge < -0.3 is 25.0 Å². The summed E-state index contributed by atoms with van der Waals surface area (Å²) in [6.45, 7) is 2.14. The number of hydrogen-bond acceptors (Lipinski definition) is 6. The molecule has 2 atom stereocenters. The standard InChI is InChI=1S/C21H22FNO2.C15H13FO3/c1-2-21(25,17-5-9-19(22)10-6-17)18-7-11-20(12-8-18)23-13-3-4-16(14-23)15-24;16-13-5-1-11(2-6-13)15(18)12-3-7-14(8-4-12)19-10-9-17/h1,5-12,16,24-25H,3-4,13-15H2;1-8,17H,9-10H2. The van der Waals surface area contributed by atoms with E-state index < -0.39 is 5.60 Å². The quantitative estimate of drug-likeness (QED) is 0.178. The van der Waals surface area contributed by atoms with E-state index in [-0.39, 0.29) is 37.2 Å². The maximum absolute atomic E-state index is 13.1. The van der Waals surface area contributed by atoms with Crippen LogP contribution in [-0.2, 0) is 5.60 Å². The molecule has 1 heterocycles. The number of halogens is 2. The molecule has 0 saturated carbocycles. The Morgan fingerprint density at radius 1 is 0.864 bits per heavy atom. The average molecular weight is 600 g/mol. The Labute approximate surface area is 256 Å². The molecular weight excluding hydrogens is 564 g/mol. The molecule has 0 radical (unpaired) electrons. The molecule has 6 nitrogen and oxygen atoms in total. The van der Waals surface area contributed by atoms with Gasteiger partial charge in [-0.3, -0.25) is 4.79 Å². The van der Waals surface area contributed by atoms with Crippen molar-refractivity contribution in [2.75, 3.05) is 37.8 Å². The van der Waals surface area contributed by atoms with Gasteiger partial charge in [-0.2, -0.15) is 0 Å². The molecule has 5 rings (SSSR count). The van der Waals surface area contributed by atoms with Crippen LogP contribution >= 0.6 is 0 Å². The summed E-state index contributed by atoms with van der Waals surface area (Å²) in [5, 5.41) is 28.9. The molecule has 228 valence electrons. The fourth-order valence-electron chi connectivity index (χ4n) is 5.02. The fourth-order valence-corrected chi connectivity index (χ4v) is 5.02. The summed E-state index contributed by atoms with van der Waals surface area (Å²) in [5.41, 5.74) is 1.42. The molecule has 0 amide bonds. The van der Waals surface area contributed by atoms with Gasteiger partial charge in [-0.1, -0.05) is 30.2 Å². The Kier molecular flexibility index (Phi) is 11.2. The number of aliphatic hydroxyl groups is 3. The van der Waals surface area contributed by atoms with E-state index in [1.807, 2.05) is 12.1 Å². The van der Waals surface area contributed by atoms with Crippen molar-refractivity contribution < 1.29 is 33.6 Å². The van der Waals surface area contributed by atoms with E-state index in [1.54, 1.807) is 36.4 Å². The van der Waals surface area contributed by atoms with Crippen molar-refractivity contribution in [3.63, 3.8) is 0 Å². The van der Waals surface area contributed by atoms with Crippen molar-refractivity contribution in [2.24, 2.45) is 5.92 Å². The zero-order chi connectivity index (χ0) is 31.5. The third-order valence-electron chi connectivity index (χ3n) is 7.48. The lowest BCUT2D eigenvalue weighted by Crippen LogP contribution is -2.36. The van der Waals surface area contributed by atoms with Crippen LogP contribution in [0.4, 0.5) is 14.5 Å². The highest BCUT2D eigenvalue weighted by Crippen LogP contribution is 2.31. The van der Waals surface area contributed by atoms with Gasteiger partial charge in [0.25, 0.3) is 0 Å². The van der Waals surface area contributed by atoms with Crippen LogP contribution in [0.1, 0.15) is 39.9 Å². The van der Waals surface area contributed by atoms with E-state index in [0.717, 1.165) is 31.6 Å². The normalized spacial score (nSPS) is 15.7. The largest absolute Gasteiger partial charge is 0.491 e. The Morgan fingerprint density at radius 2 is 1.39 bits per heavy atom. The Hall–Kier alpha value is -4.55. The van der Waals surface area contributed by atoms with Gasteiger partial charge in [0.1, 0.15) is 24.0 Å². The van der Waals surface area contributed by atoms with Crippen molar-refractivity contribution in [1.29, 1.82) is 0 Å². The van der Waals surface area contributed by atoms with Crippen LogP contribution in [0.2, 0.25) is 0 Å². The fraction of sp³-hybridized carbons (Fsp3) is 0.250. The predicted molar refractivity (Wildman–Crippen MR) is 166 cm³/mol. The molecule has 44 heavy (non-hydrogen) atoms. The lowest BCUT2D eigenvalue weighted by molar-refractivity contribution is 0.103. The van der Waals surface area contributed by atoms with Gasteiger partial charge in [0.15, 0.2) is 11.4 Å². The first kappa shape index (κ1) is 32.4. The number of hydrogen-bond donors (Lipinski definition) is 3. The van der Waals surface area contributed by atoms with E-state index in [0.29, 0.717) is 33.9 Å². The zero-order valence-corrected chi connectivity index (χ0v) is 24.2. The average Bonchev–Trinajstić information content (AvgIpc) is 3.08. The summed E-state index contributed by atoms with van der Waals surface area (Å²) in [7, 11) is 0. The molecule has 4 aromatic carbocycles. The van der Waals surface area contributed by atoms with Gasteiger partial charge >= 0.3 is 0 Å². The van der Waals surface area contributed by atoms with Crippen molar-refractivity contribution in [2.45, 2.75) is 18.4 Å². The molecule has 4 aromatic rings. The van der Waals surface area contributed by atoms with E-state index in [2.05, 4.69) is 10.8 Å². The van der Waals surface area contributed by atoms with Crippen LogP contribution in [0, 0.1) is 29.9 Å². The van der Waals surface area contributed by atoms with E-state index in [4.69, 9.17) is 16.3 Å². The van der Waals surface area contributed by atoms with Crippen molar-refractivity contribution in [1.82, 2.24) is 0 Å². The summed E-state index contributed by atoms with van der Waals surface area (Å²) in [6.07, 6.45) is 7.69. The Bertz CT molecular complexity index is 1530.